The maximum atomic E-state index is 13.3. The fourth-order valence-electron chi connectivity index (χ4n) is 4.38. The lowest BCUT2D eigenvalue weighted by Gasteiger charge is -2.34. The first-order valence-corrected chi connectivity index (χ1v) is 11.7. The first kappa shape index (κ1) is 23.1. The Morgan fingerprint density at radius 2 is 1.91 bits per heavy atom. The third-order valence-corrected chi connectivity index (χ3v) is 6.32. The molecule has 33 heavy (non-hydrogen) atoms. The zero-order valence-electron chi connectivity index (χ0n) is 18.7. The number of rotatable bonds is 7. The Morgan fingerprint density at radius 3 is 2.67 bits per heavy atom. The number of ether oxygens (including phenoxy) is 3. The van der Waals surface area contributed by atoms with E-state index < -0.39 is 11.9 Å². The molecule has 172 valence electrons. The molecule has 1 aliphatic heterocycles. The second-order valence-electron chi connectivity index (χ2n) is 7.95. The largest absolute Gasteiger partial charge is 0.496 e. The molecule has 0 fully saturated rings. The minimum absolute atomic E-state index is 0.0426. The summed E-state index contributed by atoms with van der Waals surface area (Å²) in [4.78, 5) is 26.4. The van der Waals surface area contributed by atoms with E-state index in [9.17, 15) is 9.59 Å². The van der Waals surface area contributed by atoms with Crippen LogP contribution in [0.15, 0.2) is 75.5 Å². The van der Waals surface area contributed by atoms with Crippen LogP contribution in [-0.2, 0) is 14.3 Å². The summed E-state index contributed by atoms with van der Waals surface area (Å²) in [5.41, 5.74) is 3.35. The molecule has 0 saturated carbocycles. The van der Waals surface area contributed by atoms with Crippen molar-refractivity contribution < 1.29 is 23.8 Å². The predicted octanol–water partition coefficient (Wildman–Crippen LogP) is 5.05. The Bertz CT molecular complexity index is 1120. The van der Waals surface area contributed by atoms with E-state index in [4.69, 9.17) is 14.2 Å². The summed E-state index contributed by atoms with van der Waals surface area (Å²) in [6.07, 6.45) is 2.01. The van der Waals surface area contributed by atoms with E-state index >= 15 is 0 Å². The zero-order valence-corrected chi connectivity index (χ0v) is 20.2. The summed E-state index contributed by atoms with van der Waals surface area (Å²) in [5.74, 6) is 0.321. The summed E-state index contributed by atoms with van der Waals surface area (Å²) < 4.78 is 17.7. The van der Waals surface area contributed by atoms with Crippen molar-refractivity contribution in [1.29, 1.82) is 0 Å². The maximum absolute atomic E-state index is 13.3. The number of halogens is 1. The van der Waals surface area contributed by atoms with Crippen LogP contribution in [0.4, 0.5) is 0 Å². The van der Waals surface area contributed by atoms with Crippen molar-refractivity contribution in [2.45, 2.75) is 32.1 Å². The van der Waals surface area contributed by atoms with Gasteiger partial charge in [-0.3, -0.25) is 4.79 Å². The highest BCUT2D eigenvalue weighted by Gasteiger charge is 2.40. The van der Waals surface area contributed by atoms with E-state index in [1.807, 2.05) is 55.5 Å². The Labute approximate surface area is 201 Å². The number of hydrogen-bond donors (Lipinski definition) is 1. The summed E-state index contributed by atoms with van der Waals surface area (Å²) in [6, 6.07) is 15.0. The highest BCUT2D eigenvalue weighted by Crippen LogP contribution is 2.45. The number of dihydropyridines is 1. The molecule has 1 heterocycles. The van der Waals surface area contributed by atoms with Gasteiger partial charge in [0.05, 0.1) is 18.6 Å². The summed E-state index contributed by atoms with van der Waals surface area (Å²) >= 11 is 3.52. The molecule has 1 aliphatic carbocycles. The van der Waals surface area contributed by atoms with E-state index in [1.54, 1.807) is 7.11 Å². The first-order valence-electron chi connectivity index (χ1n) is 10.9. The second-order valence-corrected chi connectivity index (χ2v) is 8.87. The minimum Gasteiger partial charge on any atom is -0.496 e. The molecule has 2 aliphatic rings. The van der Waals surface area contributed by atoms with Gasteiger partial charge >= 0.3 is 5.97 Å². The van der Waals surface area contributed by atoms with Crippen molar-refractivity contribution in [2.75, 3.05) is 20.3 Å². The van der Waals surface area contributed by atoms with Crippen molar-refractivity contribution in [3.8, 4) is 11.5 Å². The van der Waals surface area contributed by atoms with Gasteiger partial charge in [-0.1, -0.05) is 34.1 Å². The molecule has 1 atom stereocenters. The van der Waals surface area contributed by atoms with Gasteiger partial charge in [-0.05, 0) is 50.1 Å². The molecular weight excluding hydrogens is 486 g/mol. The van der Waals surface area contributed by atoms with Crippen LogP contribution in [0, 0.1) is 0 Å². The lowest BCUT2D eigenvalue weighted by atomic mass is 9.75. The normalized spacial score (nSPS) is 17.9. The summed E-state index contributed by atoms with van der Waals surface area (Å²) in [6.45, 7) is 2.16. The van der Waals surface area contributed by atoms with E-state index in [0.717, 1.165) is 28.6 Å². The van der Waals surface area contributed by atoms with Crippen LogP contribution in [-0.4, -0.2) is 32.1 Å². The number of methoxy groups -OCH3 is 1. The Kier molecular flexibility index (Phi) is 7.18. The van der Waals surface area contributed by atoms with E-state index in [0.29, 0.717) is 34.8 Å². The average Bonchev–Trinajstić information content (AvgIpc) is 2.81. The molecule has 0 aromatic heterocycles. The summed E-state index contributed by atoms with van der Waals surface area (Å²) in [7, 11) is 1.58. The van der Waals surface area contributed by atoms with Gasteiger partial charge in [0.2, 0.25) is 0 Å². The number of hydrogen-bond acceptors (Lipinski definition) is 6. The van der Waals surface area contributed by atoms with Crippen molar-refractivity contribution in [3.05, 3.63) is 81.1 Å². The number of benzene rings is 2. The lowest BCUT2D eigenvalue weighted by Crippen LogP contribution is -2.34. The highest BCUT2D eigenvalue weighted by atomic mass is 79.9. The minimum atomic E-state index is -0.566. The zero-order chi connectivity index (χ0) is 23.4. The standard InChI is InChI=1S/C26H26BrNO5/c1-16-23(26(30)33-14-13-32-18-7-4-3-5-8-18)24(19-15-17(27)11-12-22(19)31-2)25-20(28-16)9-6-10-21(25)29/h3-5,7-8,11-12,15,24,28H,6,9-10,13-14H2,1-2H3/t24-/m0/s1. The molecular formula is C26H26BrNO5. The van der Waals surface area contributed by atoms with Gasteiger partial charge in [0.25, 0.3) is 0 Å². The van der Waals surface area contributed by atoms with Crippen molar-refractivity contribution in [3.63, 3.8) is 0 Å². The van der Waals surface area contributed by atoms with Gasteiger partial charge in [-0.25, -0.2) is 4.79 Å². The van der Waals surface area contributed by atoms with Gasteiger partial charge < -0.3 is 19.5 Å². The van der Waals surface area contributed by atoms with Crippen molar-refractivity contribution in [1.82, 2.24) is 5.32 Å². The van der Waals surface area contributed by atoms with Crippen LogP contribution in [0.3, 0.4) is 0 Å². The molecule has 4 rings (SSSR count). The Hall–Kier alpha value is -3.06. The lowest BCUT2D eigenvalue weighted by molar-refractivity contribution is -0.140. The first-order chi connectivity index (χ1) is 16.0. The fraction of sp³-hybridized carbons (Fsp3) is 0.308. The highest BCUT2D eigenvalue weighted by molar-refractivity contribution is 9.10. The molecule has 0 spiro atoms. The number of ketones is 1. The quantitative estimate of drug-likeness (QED) is 0.414. The van der Waals surface area contributed by atoms with E-state index in [2.05, 4.69) is 21.2 Å². The monoisotopic (exact) mass is 511 g/mol. The van der Waals surface area contributed by atoms with E-state index in [-0.39, 0.29) is 19.0 Å². The topological polar surface area (TPSA) is 73.9 Å². The smallest absolute Gasteiger partial charge is 0.336 e. The molecule has 0 saturated heterocycles. The van der Waals surface area contributed by atoms with Crippen LogP contribution < -0.4 is 14.8 Å². The van der Waals surface area contributed by atoms with Gasteiger partial charge in [0.15, 0.2) is 5.78 Å². The fourth-order valence-corrected chi connectivity index (χ4v) is 4.76. The van der Waals surface area contributed by atoms with Crippen LogP contribution in [0.2, 0.25) is 0 Å². The Morgan fingerprint density at radius 1 is 1.12 bits per heavy atom. The number of allylic oxidation sites excluding steroid dienone is 3. The number of nitrogens with one attached hydrogen (secondary N) is 1. The summed E-state index contributed by atoms with van der Waals surface area (Å²) in [5, 5.41) is 3.30. The molecule has 0 amide bonds. The Balaban J connectivity index is 1.63. The SMILES string of the molecule is COc1ccc(Br)cc1[C@H]1C(C(=O)OCCOc2ccccc2)=C(C)NC2=C1C(=O)CCC2. The van der Waals surface area contributed by atoms with Crippen molar-refractivity contribution in [2.24, 2.45) is 0 Å². The number of para-hydroxylation sites is 1. The number of carbonyl (C=O) groups is 2. The number of carbonyl (C=O) groups excluding carboxylic acids is 2. The van der Waals surface area contributed by atoms with Crippen LogP contribution in [0.25, 0.3) is 0 Å². The molecule has 2 aromatic rings. The van der Waals surface area contributed by atoms with Crippen LogP contribution in [0.5, 0.6) is 11.5 Å². The third kappa shape index (κ3) is 4.98. The van der Waals surface area contributed by atoms with Gasteiger partial charge in [0.1, 0.15) is 24.7 Å². The van der Waals surface area contributed by atoms with Gasteiger partial charge in [-0.15, -0.1) is 0 Å². The predicted molar refractivity (Wildman–Crippen MR) is 128 cm³/mol. The third-order valence-electron chi connectivity index (χ3n) is 5.83. The van der Waals surface area contributed by atoms with Crippen LogP contribution in [0.1, 0.15) is 37.7 Å². The molecule has 2 aromatic carbocycles. The molecule has 0 radical (unpaired) electrons. The average molecular weight is 512 g/mol. The number of Topliss-reactive ketones (excluding diaryl/α,β-unsaturated/α-hetero) is 1. The molecule has 0 unspecified atom stereocenters. The molecule has 0 bridgehead atoms. The molecule has 7 heteroatoms. The number of esters is 1. The van der Waals surface area contributed by atoms with Gasteiger partial charge in [0, 0.05) is 33.4 Å². The van der Waals surface area contributed by atoms with E-state index in [1.165, 1.54) is 0 Å². The van der Waals surface area contributed by atoms with Crippen molar-refractivity contribution >= 4 is 27.7 Å². The maximum Gasteiger partial charge on any atom is 0.336 e. The second kappa shape index (κ2) is 10.3. The molecule has 6 nitrogen and oxygen atoms in total. The van der Waals surface area contributed by atoms with Crippen LogP contribution >= 0.6 is 15.9 Å². The van der Waals surface area contributed by atoms with Gasteiger partial charge in [-0.2, -0.15) is 0 Å². The molecule has 1 N–H and O–H groups in total.